The van der Waals surface area contributed by atoms with Gasteiger partial charge in [0.05, 0.1) is 6.04 Å². The Morgan fingerprint density at radius 1 is 1.27 bits per heavy atom. The predicted octanol–water partition coefficient (Wildman–Crippen LogP) is 4.31. The number of hydrogen-bond acceptors (Lipinski definition) is 3. The highest BCUT2D eigenvalue weighted by molar-refractivity contribution is 5.93. The second-order valence-corrected chi connectivity index (χ2v) is 6.15. The van der Waals surface area contributed by atoms with Gasteiger partial charge in [0, 0.05) is 6.42 Å². The first-order chi connectivity index (χ1) is 10.5. The number of benzene rings is 1. The molecular formula is C18H25NO3. The number of carbonyl (C=O) groups is 2. The van der Waals surface area contributed by atoms with Crippen molar-refractivity contribution in [1.29, 1.82) is 0 Å². The van der Waals surface area contributed by atoms with Gasteiger partial charge in [0.15, 0.2) is 0 Å². The van der Waals surface area contributed by atoms with E-state index in [0.717, 1.165) is 24.8 Å². The van der Waals surface area contributed by atoms with Gasteiger partial charge in [-0.1, -0.05) is 57.0 Å². The average molecular weight is 303 g/mol. The van der Waals surface area contributed by atoms with Crippen LogP contribution in [0.25, 0.3) is 0 Å². The quantitative estimate of drug-likeness (QED) is 0.786. The van der Waals surface area contributed by atoms with Gasteiger partial charge in [-0.2, -0.15) is 0 Å². The Hall–Kier alpha value is -1.84. The largest absolute Gasteiger partial charge is 0.439 e. The second-order valence-electron chi connectivity index (χ2n) is 6.15. The van der Waals surface area contributed by atoms with Crippen LogP contribution in [0.3, 0.4) is 0 Å². The molecule has 0 bridgehead atoms. The molecule has 22 heavy (non-hydrogen) atoms. The number of hydrogen-bond donors (Lipinski definition) is 0. The van der Waals surface area contributed by atoms with E-state index in [9.17, 15) is 9.59 Å². The van der Waals surface area contributed by atoms with E-state index in [-0.39, 0.29) is 18.1 Å². The predicted molar refractivity (Wildman–Crippen MR) is 85.3 cm³/mol. The van der Waals surface area contributed by atoms with E-state index in [4.69, 9.17) is 4.74 Å². The SMILES string of the molecule is CCC[C@H](C)CCC(=O)N1C(=O)OC(c2ccccc2)C1C. The van der Waals surface area contributed by atoms with Crippen molar-refractivity contribution in [3.8, 4) is 0 Å². The molecule has 2 rings (SSSR count). The molecule has 0 saturated carbocycles. The minimum atomic E-state index is -0.519. The minimum Gasteiger partial charge on any atom is -0.439 e. The molecule has 1 aromatic carbocycles. The molecule has 1 saturated heterocycles. The topological polar surface area (TPSA) is 46.6 Å². The Balaban J connectivity index is 1.99. The summed E-state index contributed by atoms with van der Waals surface area (Å²) in [7, 11) is 0. The van der Waals surface area contributed by atoms with Gasteiger partial charge >= 0.3 is 6.09 Å². The van der Waals surface area contributed by atoms with Crippen LogP contribution in [0.15, 0.2) is 30.3 Å². The summed E-state index contributed by atoms with van der Waals surface area (Å²) in [5, 5.41) is 0. The summed E-state index contributed by atoms with van der Waals surface area (Å²) in [4.78, 5) is 25.7. The molecule has 3 atom stereocenters. The Labute approximate surface area is 132 Å². The van der Waals surface area contributed by atoms with E-state index in [1.807, 2.05) is 37.3 Å². The number of carbonyl (C=O) groups excluding carboxylic acids is 2. The summed E-state index contributed by atoms with van der Waals surface area (Å²) in [5.74, 6) is 0.381. The van der Waals surface area contributed by atoms with E-state index in [0.29, 0.717) is 12.3 Å². The van der Waals surface area contributed by atoms with Gasteiger partial charge in [-0.05, 0) is 24.8 Å². The van der Waals surface area contributed by atoms with E-state index < -0.39 is 6.09 Å². The van der Waals surface area contributed by atoms with Gasteiger partial charge in [-0.15, -0.1) is 0 Å². The first-order valence-corrected chi connectivity index (χ1v) is 8.12. The van der Waals surface area contributed by atoms with Gasteiger partial charge in [0.25, 0.3) is 0 Å². The van der Waals surface area contributed by atoms with Crippen LogP contribution < -0.4 is 0 Å². The van der Waals surface area contributed by atoms with Crippen LogP contribution in [0.4, 0.5) is 4.79 Å². The maximum atomic E-state index is 12.4. The third-order valence-electron chi connectivity index (χ3n) is 4.30. The molecule has 0 N–H and O–H groups in total. The Bertz CT molecular complexity index is 514. The smallest absolute Gasteiger partial charge is 0.417 e. The lowest BCUT2D eigenvalue weighted by atomic mass is 9.99. The van der Waals surface area contributed by atoms with Gasteiger partial charge in [-0.25, -0.2) is 9.69 Å². The molecule has 0 radical (unpaired) electrons. The summed E-state index contributed by atoms with van der Waals surface area (Å²) in [6.45, 7) is 6.16. The number of imide groups is 1. The number of amides is 2. The molecule has 1 aromatic rings. The van der Waals surface area contributed by atoms with E-state index in [1.54, 1.807) is 0 Å². The van der Waals surface area contributed by atoms with Crippen molar-refractivity contribution in [1.82, 2.24) is 4.90 Å². The molecule has 0 aromatic heterocycles. The minimum absolute atomic E-state index is 0.126. The summed E-state index contributed by atoms with van der Waals surface area (Å²) >= 11 is 0. The molecule has 2 amide bonds. The molecular weight excluding hydrogens is 278 g/mol. The standard InChI is InChI=1S/C18H25NO3/c1-4-8-13(2)11-12-16(20)19-14(3)17(22-18(19)21)15-9-6-5-7-10-15/h5-7,9-10,13-14,17H,4,8,11-12H2,1-3H3/t13-,14?,17?/m0/s1. The van der Waals surface area contributed by atoms with Crippen LogP contribution in [-0.2, 0) is 9.53 Å². The van der Waals surface area contributed by atoms with Crippen LogP contribution >= 0.6 is 0 Å². The van der Waals surface area contributed by atoms with Gasteiger partial charge in [-0.3, -0.25) is 4.79 Å². The number of rotatable bonds is 6. The van der Waals surface area contributed by atoms with Gasteiger partial charge < -0.3 is 4.74 Å². The Morgan fingerprint density at radius 2 is 1.95 bits per heavy atom. The maximum Gasteiger partial charge on any atom is 0.417 e. The van der Waals surface area contributed by atoms with Crippen molar-refractivity contribution in [2.75, 3.05) is 0 Å². The van der Waals surface area contributed by atoms with Crippen molar-refractivity contribution >= 4 is 12.0 Å². The number of cyclic esters (lactones) is 1. The zero-order valence-corrected chi connectivity index (χ0v) is 13.6. The highest BCUT2D eigenvalue weighted by Gasteiger charge is 2.42. The highest BCUT2D eigenvalue weighted by atomic mass is 16.6. The molecule has 2 unspecified atom stereocenters. The molecule has 120 valence electrons. The van der Waals surface area contributed by atoms with Crippen LogP contribution in [0.1, 0.15) is 58.1 Å². The first-order valence-electron chi connectivity index (χ1n) is 8.12. The number of nitrogens with zero attached hydrogens (tertiary/aromatic N) is 1. The fourth-order valence-corrected chi connectivity index (χ4v) is 3.01. The van der Waals surface area contributed by atoms with E-state index in [2.05, 4.69) is 13.8 Å². The molecule has 1 fully saturated rings. The van der Waals surface area contributed by atoms with Gasteiger partial charge in [0.2, 0.25) is 5.91 Å². The van der Waals surface area contributed by atoms with E-state index >= 15 is 0 Å². The maximum absolute atomic E-state index is 12.4. The molecule has 4 heteroatoms. The van der Waals surface area contributed by atoms with Gasteiger partial charge in [0.1, 0.15) is 6.10 Å². The molecule has 1 heterocycles. The van der Waals surface area contributed by atoms with Crippen LogP contribution in [0.2, 0.25) is 0 Å². The summed E-state index contributed by atoms with van der Waals surface area (Å²) < 4.78 is 5.41. The summed E-state index contributed by atoms with van der Waals surface area (Å²) in [6, 6.07) is 9.32. The normalized spacial score (nSPS) is 22.5. The van der Waals surface area contributed by atoms with E-state index in [1.165, 1.54) is 4.90 Å². The lowest BCUT2D eigenvalue weighted by Gasteiger charge is -2.20. The molecule has 0 aliphatic carbocycles. The molecule has 1 aliphatic heterocycles. The van der Waals surface area contributed by atoms with Crippen LogP contribution in [0, 0.1) is 5.92 Å². The fourth-order valence-electron chi connectivity index (χ4n) is 3.01. The summed E-state index contributed by atoms with van der Waals surface area (Å²) in [6.07, 6.45) is 2.56. The lowest BCUT2D eigenvalue weighted by molar-refractivity contribution is -0.129. The Morgan fingerprint density at radius 3 is 2.59 bits per heavy atom. The first kappa shape index (κ1) is 16.5. The van der Waals surface area contributed by atoms with Crippen molar-refractivity contribution in [3.05, 3.63) is 35.9 Å². The monoisotopic (exact) mass is 303 g/mol. The van der Waals surface area contributed by atoms with Crippen molar-refractivity contribution < 1.29 is 14.3 Å². The van der Waals surface area contributed by atoms with Crippen LogP contribution in [0.5, 0.6) is 0 Å². The molecule has 0 spiro atoms. The third kappa shape index (κ3) is 3.67. The number of ether oxygens (including phenoxy) is 1. The zero-order chi connectivity index (χ0) is 16.1. The molecule has 4 nitrogen and oxygen atoms in total. The third-order valence-corrected chi connectivity index (χ3v) is 4.30. The fraction of sp³-hybridized carbons (Fsp3) is 0.556. The average Bonchev–Trinajstić information content (AvgIpc) is 2.81. The van der Waals surface area contributed by atoms with Crippen molar-refractivity contribution in [2.24, 2.45) is 5.92 Å². The second kappa shape index (κ2) is 7.43. The van der Waals surface area contributed by atoms with Crippen LogP contribution in [-0.4, -0.2) is 22.9 Å². The van der Waals surface area contributed by atoms with Crippen molar-refractivity contribution in [3.63, 3.8) is 0 Å². The molecule has 1 aliphatic rings. The zero-order valence-electron chi connectivity index (χ0n) is 13.6. The van der Waals surface area contributed by atoms with Crippen molar-refractivity contribution in [2.45, 2.75) is 58.6 Å². The summed E-state index contributed by atoms with van der Waals surface area (Å²) in [5.41, 5.74) is 0.929. The lowest BCUT2D eigenvalue weighted by Crippen LogP contribution is -2.37. The highest BCUT2D eigenvalue weighted by Crippen LogP contribution is 2.33. The Kier molecular flexibility index (Phi) is 5.58.